The molecule has 0 heterocycles. The first kappa shape index (κ1) is 48.8. The van der Waals surface area contributed by atoms with Gasteiger partial charge < -0.3 is 39.9 Å². The first-order valence-electron chi connectivity index (χ1n) is 20.2. The molecule has 0 spiro atoms. The molecule has 306 valence electrons. The number of phosphoric ester groups is 1. The predicted octanol–water partition coefficient (Wildman–Crippen LogP) is 6.97. The van der Waals surface area contributed by atoms with Crippen molar-refractivity contribution < 1.29 is 58.3 Å². The summed E-state index contributed by atoms with van der Waals surface area (Å²) in [6.07, 6.45) is 19.7. The summed E-state index contributed by atoms with van der Waals surface area (Å²) in [5, 5.41) is 50.0. The van der Waals surface area contributed by atoms with Gasteiger partial charge in [-0.1, -0.05) is 134 Å². The number of phosphoric acid groups is 1. The van der Waals surface area contributed by atoms with E-state index < -0.39 is 63.1 Å². The molecule has 1 fully saturated rings. The van der Waals surface area contributed by atoms with Crippen LogP contribution >= 0.6 is 7.82 Å². The highest BCUT2D eigenvalue weighted by atomic mass is 31.2. The molecule has 6 atom stereocenters. The average Bonchev–Trinajstić information content (AvgIpc) is 3.12. The van der Waals surface area contributed by atoms with Gasteiger partial charge in [-0.3, -0.25) is 13.8 Å². The molecule has 1 saturated carbocycles. The van der Waals surface area contributed by atoms with E-state index in [4.69, 9.17) is 18.5 Å². The SMILES string of the molecule is CCC/C=C\C/C=C\CCCCCCCC(=O)OC(COCCCCCCCCCCCCCC)COP(=O)(O)OC1C(O)C(O)C(O)C(O)C1O. The number of carbonyl (C=O) groups is 1. The number of unbranched alkanes of at least 4 members (excludes halogenated alkanes) is 17. The largest absolute Gasteiger partial charge is 0.472 e. The van der Waals surface area contributed by atoms with Crippen molar-refractivity contribution in [1.29, 1.82) is 0 Å². The maximum Gasteiger partial charge on any atom is 0.472 e. The number of aliphatic hydroxyl groups excluding tert-OH is 5. The highest BCUT2D eigenvalue weighted by molar-refractivity contribution is 7.47. The molecule has 52 heavy (non-hydrogen) atoms. The quantitative estimate of drug-likeness (QED) is 0.0174. The lowest BCUT2D eigenvalue weighted by atomic mass is 9.85. The number of allylic oxidation sites excluding steroid dienone is 4. The van der Waals surface area contributed by atoms with Crippen LogP contribution in [0.3, 0.4) is 0 Å². The maximum atomic E-state index is 12.7. The molecule has 13 heteroatoms. The summed E-state index contributed by atoms with van der Waals surface area (Å²) >= 11 is 0. The number of hydrogen-bond acceptors (Lipinski definition) is 11. The summed E-state index contributed by atoms with van der Waals surface area (Å²) in [6, 6.07) is 0. The first-order valence-corrected chi connectivity index (χ1v) is 21.7. The molecule has 0 aromatic carbocycles. The van der Waals surface area contributed by atoms with Crippen LogP contribution in [0.2, 0.25) is 0 Å². The molecule has 6 N–H and O–H groups in total. The van der Waals surface area contributed by atoms with Gasteiger partial charge in [-0.15, -0.1) is 0 Å². The lowest BCUT2D eigenvalue weighted by Crippen LogP contribution is -2.64. The number of rotatable bonds is 33. The minimum atomic E-state index is -5.01. The standard InChI is InChI=1S/C39H73O12P/c1-3-5-7-9-11-13-15-17-18-20-22-24-26-28-33(40)50-32(30-48-29-27-25-23-21-19-16-14-12-10-8-6-4-2)31-49-52(46,47)51-39-37(44)35(42)34(41)36(43)38(39)45/h7,9,13,15,32,34-39,41-45H,3-6,8,10-12,14,16-31H2,1-2H3,(H,46,47)/b9-7-,15-13-. The predicted molar refractivity (Wildman–Crippen MR) is 203 cm³/mol. The van der Waals surface area contributed by atoms with Gasteiger partial charge in [0.1, 0.15) is 42.7 Å². The molecule has 0 amide bonds. The van der Waals surface area contributed by atoms with E-state index >= 15 is 0 Å². The van der Waals surface area contributed by atoms with Crippen molar-refractivity contribution in [2.24, 2.45) is 0 Å². The number of hydrogen-bond donors (Lipinski definition) is 6. The molecule has 0 bridgehead atoms. The van der Waals surface area contributed by atoms with E-state index in [1.54, 1.807) is 0 Å². The molecule has 0 saturated heterocycles. The van der Waals surface area contributed by atoms with Crippen LogP contribution in [0.1, 0.15) is 155 Å². The monoisotopic (exact) mass is 764 g/mol. The lowest BCUT2D eigenvalue weighted by Gasteiger charge is -2.41. The Morgan fingerprint density at radius 2 is 1.12 bits per heavy atom. The van der Waals surface area contributed by atoms with Crippen LogP contribution in [0.25, 0.3) is 0 Å². The van der Waals surface area contributed by atoms with Crippen molar-refractivity contribution in [2.45, 2.75) is 198 Å². The lowest BCUT2D eigenvalue weighted by molar-refractivity contribution is -0.220. The highest BCUT2D eigenvalue weighted by Gasteiger charge is 2.51. The molecule has 0 aromatic rings. The number of ether oxygens (including phenoxy) is 2. The van der Waals surface area contributed by atoms with Crippen LogP contribution in [0, 0.1) is 0 Å². The summed E-state index contributed by atoms with van der Waals surface area (Å²) < 4.78 is 34.0. The van der Waals surface area contributed by atoms with Crippen molar-refractivity contribution in [3.63, 3.8) is 0 Å². The smallest absolute Gasteiger partial charge is 0.457 e. The first-order chi connectivity index (χ1) is 25.0. The fourth-order valence-electron chi connectivity index (χ4n) is 6.04. The third kappa shape index (κ3) is 23.6. The Morgan fingerprint density at radius 3 is 1.69 bits per heavy atom. The summed E-state index contributed by atoms with van der Waals surface area (Å²) in [4.78, 5) is 23.0. The van der Waals surface area contributed by atoms with Crippen molar-refractivity contribution in [1.82, 2.24) is 0 Å². The second kappa shape index (κ2) is 31.1. The zero-order chi connectivity index (χ0) is 38.5. The van der Waals surface area contributed by atoms with Gasteiger partial charge in [-0.05, 0) is 38.5 Å². The molecule has 0 radical (unpaired) electrons. The third-order valence-electron chi connectivity index (χ3n) is 9.31. The Bertz CT molecular complexity index is 963. The molecule has 1 aliphatic rings. The van der Waals surface area contributed by atoms with Crippen molar-refractivity contribution >= 4 is 13.8 Å². The fraction of sp³-hybridized carbons (Fsp3) is 0.872. The summed E-state index contributed by atoms with van der Waals surface area (Å²) in [5.74, 6) is -0.492. The molecule has 0 aliphatic heterocycles. The number of esters is 1. The zero-order valence-electron chi connectivity index (χ0n) is 32.1. The zero-order valence-corrected chi connectivity index (χ0v) is 33.0. The second-order valence-electron chi connectivity index (χ2n) is 14.1. The normalized spacial score (nSPS) is 24.1. The van der Waals surface area contributed by atoms with Crippen LogP contribution in [0.4, 0.5) is 0 Å². The Balaban J connectivity index is 2.47. The van der Waals surface area contributed by atoms with Crippen LogP contribution in [0.15, 0.2) is 24.3 Å². The topological polar surface area (TPSA) is 192 Å². The van der Waals surface area contributed by atoms with Crippen LogP contribution in [0.5, 0.6) is 0 Å². The van der Waals surface area contributed by atoms with Gasteiger partial charge >= 0.3 is 13.8 Å². The van der Waals surface area contributed by atoms with Gasteiger partial charge in [0.15, 0.2) is 0 Å². The second-order valence-corrected chi connectivity index (χ2v) is 15.5. The van der Waals surface area contributed by atoms with E-state index in [9.17, 15) is 39.8 Å². The Labute approximate surface area is 313 Å². The van der Waals surface area contributed by atoms with Crippen LogP contribution < -0.4 is 0 Å². The van der Waals surface area contributed by atoms with Crippen molar-refractivity contribution in [3.05, 3.63) is 24.3 Å². The van der Waals surface area contributed by atoms with Gasteiger partial charge in [0.25, 0.3) is 0 Å². The van der Waals surface area contributed by atoms with Crippen LogP contribution in [-0.2, 0) is 27.9 Å². The van der Waals surface area contributed by atoms with Gasteiger partial charge in [0.2, 0.25) is 0 Å². The number of aliphatic hydroxyl groups is 5. The van der Waals surface area contributed by atoms with E-state index in [0.717, 1.165) is 70.6 Å². The molecule has 1 rings (SSSR count). The highest BCUT2D eigenvalue weighted by Crippen LogP contribution is 2.47. The molecule has 6 unspecified atom stereocenters. The third-order valence-corrected chi connectivity index (χ3v) is 10.3. The van der Waals surface area contributed by atoms with Crippen molar-refractivity contribution in [2.75, 3.05) is 19.8 Å². The number of carbonyl (C=O) groups excluding carboxylic acids is 1. The maximum absolute atomic E-state index is 12.7. The molecular weight excluding hydrogens is 691 g/mol. The van der Waals surface area contributed by atoms with E-state index in [-0.39, 0.29) is 13.0 Å². The van der Waals surface area contributed by atoms with E-state index in [2.05, 4.69) is 38.2 Å². The molecule has 0 aromatic heterocycles. The Morgan fingerprint density at radius 1 is 0.615 bits per heavy atom. The molecule has 12 nitrogen and oxygen atoms in total. The van der Waals surface area contributed by atoms with Crippen molar-refractivity contribution in [3.8, 4) is 0 Å². The van der Waals surface area contributed by atoms with Gasteiger partial charge in [-0.25, -0.2) is 4.57 Å². The van der Waals surface area contributed by atoms with E-state index in [0.29, 0.717) is 13.0 Å². The summed E-state index contributed by atoms with van der Waals surface area (Å²) in [7, 11) is -5.01. The Kier molecular flexibility index (Phi) is 29.2. The minimum absolute atomic E-state index is 0.0794. The van der Waals surface area contributed by atoms with E-state index in [1.807, 2.05) is 0 Å². The van der Waals surface area contributed by atoms with Crippen LogP contribution in [-0.4, -0.2) is 98.9 Å². The van der Waals surface area contributed by atoms with Gasteiger partial charge in [-0.2, -0.15) is 0 Å². The molecule has 1 aliphatic carbocycles. The molecular formula is C39H73O12P. The Hall–Kier alpha value is -1.18. The summed E-state index contributed by atoms with van der Waals surface area (Å²) in [6.45, 7) is 4.16. The van der Waals surface area contributed by atoms with E-state index in [1.165, 1.54) is 57.8 Å². The van der Waals surface area contributed by atoms with Gasteiger partial charge in [0, 0.05) is 13.0 Å². The minimum Gasteiger partial charge on any atom is -0.457 e. The van der Waals surface area contributed by atoms with Gasteiger partial charge in [0.05, 0.1) is 13.2 Å². The fourth-order valence-corrected chi connectivity index (χ4v) is 7.01. The average molecular weight is 765 g/mol. The summed E-state index contributed by atoms with van der Waals surface area (Å²) in [5.41, 5.74) is 0.